The first-order chi connectivity index (χ1) is 6.54. The lowest BCUT2D eigenvalue weighted by molar-refractivity contribution is 0.340. The van der Waals surface area contributed by atoms with Crippen molar-refractivity contribution >= 4 is 35.2 Å². The first kappa shape index (κ1) is 15.7. The molecule has 92 valence electrons. The second-order valence-corrected chi connectivity index (χ2v) is 17.7. The van der Waals surface area contributed by atoms with Gasteiger partial charge in [-0.3, -0.25) is 0 Å². The smallest absolute Gasteiger partial charge is 0.312 e. The van der Waals surface area contributed by atoms with Crippen LogP contribution in [0.2, 0.25) is 52.4 Å². The minimum Gasteiger partial charge on any atom is -0.440 e. The number of hydrogen-bond donors (Lipinski definition) is 0. The van der Waals surface area contributed by atoms with Gasteiger partial charge in [0.2, 0.25) is 0 Å². The van der Waals surface area contributed by atoms with E-state index in [2.05, 4.69) is 52.4 Å². The summed E-state index contributed by atoms with van der Waals surface area (Å²) in [5.74, 6) is 0. The molecule has 0 amide bonds. The van der Waals surface area contributed by atoms with Gasteiger partial charge in [-0.25, -0.2) is 0 Å². The van der Waals surface area contributed by atoms with Crippen molar-refractivity contribution in [1.82, 2.24) is 0 Å². The molecule has 0 aliphatic heterocycles. The minimum atomic E-state index is -1.95. The van der Waals surface area contributed by atoms with Gasteiger partial charge in [-0.1, -0.05) is 0 Å². The molecule has 0 aliphatic rings. The molecule has 7 heteroatoms. The molecular formula is C8H26O3Si4. The highest BCUT2D eigenvalue weighted by molar-refractivity contribution is 6.84. The maximum Gasteiger partial charge on any atom is 0.312 e. The van der Waals surface area contributed by atoms with Crippen LogP contribution in [0, 0.1) is 0 Å². The highest BCUT2D eigenvalue weighted by atomic mass is 28.5. The maximum absolute atomic E-state index is 6.15. The van der Waals surface area contributed by atoms with Crippen molar-refractivity contribution in [1.29, 1.82) is 0 Å². The summed E-state index contributed by atoms with van der Waals surface area (Å²) >= 11 is 0. The van der Waals surface area contributed by atoms with Gasteiger partial charge in [0.15, 0.2) is 18.1 Å². The Kier molecular flexibility index (Phi) is 6.19. The third-order valence-corrected chi connectivity index (χ3v) is 13.8. The van der Waals surface area contributed by atoms with E-state index in [9.17, 15) is 0 Å². The Hall–Kier alpha value is 0.748. The van der Waals surface area contributed by atoms with E-state index in [1.807, 2.05) is 0 Å². The quantitative estimate of drug-likeness (QED) is 0.700. The second-order valence-electron chi connectivity index (χ2n) is 5.23. The normalized spacial score (nSPS) is 14.0. The molecule has 0 saturated carbocycles. The Balaban J connectivity index is 4.29. The zero-order chi connectivity index (χ0) is 12.3. The topological polar surface area (TPSA) is 27.7 Å². The van der Waals surface area contributed by atoms with Gasteiger partial charge in [-0.15, -0.1) is 0 Å². The van der Waals surface area contributed by atoms with E-state index >= 15 is 0 Å². The van der Waals surface area contributed by atoms with Crippen molar-refractivity contribution in [3.05, 3.63) is 0 Å². The fraction of sp³-hybridized carbons (Fsp3) is 1.00. The maximum atomic E-state index is 6.15. The lowest BCUT2D eigenvalue weighted by Crippen LogP contribution is -2.51. The van der Waals surface area contributed by atoms with Crippen molar-refractivity contribution in [2.75, 3.05) is 0 Å². The van der Waals surface area contributed by atoms with E-state index < -0.39 is 35.2 Å². The molecule has 0 fully saturated rings. The zero-order valence-electron chi connectivity index (χ0n) is 11.4. The minimum absolute atomic E-state index is 1.01. The Bertz CT molecular complexity index is 174. The Morgan fingerprint density at radius 3 is 1.13 bits per heavy atom. The molecule has 0 radical (unpaired) electrons. The third-order valence-electron chi connectivity index (χ3n) is 1.53. The van der Waals surface area contributed by atoms with Gasteiger partial charge in [0.05, 0.1) is 0 Å². The summed E-state index contributed by atoms with van der Waals surface area (Å²) in [6.07, 6.45) is 0. The molecule has 0 N–H and O–H groups in total. The summed E-state index contributed by atoms with van der Waals surface area (Å²) in [5.41, 5.74) is 0. The molecule has 0 aliphatic carbocycles. The van der Waals surface area contributed by atoms with Gasteiger partial charge in [-0.05, 0) is 52.4 Å². The van der Waals surface area contributed by atoms with Crippen LogP contribution in [-0.2, 0) is 12.3 Å². The fourth-order valence-corrected chi connectivity index (χ4v) is 16.8. The van der Waals surface area contributed by atoms with Gasteiger partial charge < -0.3 is 12.3 Å². The van der Waals surface area contributed by atoms with Crippen LogP contribution in [0.1, 0.15) is 0 Å². The average Bonchev–Trinajstić information content (AvgIpc) is 1.73. The molecule has 15 heavy (non-hydrogen) atoms. The Morgan fingerprint density at radius 1 is 0.667 bits per heavy atom. The molecule has 0 atom stereocenters. The van der Waals surface area contributed by atoms with Crippen LogP contribution in [0.15, 0.2) is 0 Å². The summed E-state index contributed by atoms with van der Waals surface area (Å²) in [6, 6.07) is 0. The van der Waals surface area contributed by atoms with Gasteiger partial charge in [0, 0.05) is 0 Å². The Labute approximate surface area is 100 Å². The van der Waals surface area contributed by atoms with E-state index in [1.54, 1.807) is 0 Å². The standard InChI is InChI=1S/C8H26O3Si4/c1-12(2)9-14(5,6)11-15(7,8)10-13(3)4/h12-13H,1-8H3. The lowest BCUT2D eigenvalue weighted by atomic mass is 11.9. The van der Waals surface area contributed by atoms with Crippen LogP contribution in [0.25, 0.3) is 0 Å². The molecule has 0 aromatic rings. The molecule has 0 aromatic carbocycles. The number of hydrogen-bond acceptors (Lipinski definition) is 3. The van der Waals surface area contributed by atoms with E-state index in [0.29, 0.717) is 0 Å². The van der Waals surface area contributed by atoms with Crippen LogP contribution in [0.4, 0.5) is 0 Å². The van der Waals surface area contributed by atoms with Crippen LogP contribution in [-0.4, -0.2) is 35.2 Å². The highest BCUT2D eigenvalue weighted by Gasteiger charge is 2.37. The van der Waals surface area contributed by atoms with Gasteiger partial charge in [-0.2, -0.15) is 0 Å². The predicted octanol–water partition coefficient (Wildman–Crippen LogP) is 2.41. The molecule has 0 unspecified atom stereocenters. The molecule has 0 saturated heterocycles. The van der Waals surface area contributed by atoms with E-state index in [0.717, 1.165) is 0 Å². The van der Waals surface area contributed by atoms with Crippen LogP contribution in [0.3, 0.4) is 0 Å². The molecule has 0 rings (SSSR count). The molecule has 0 aromatic heterocycles. The van der Waals surface area contributed by atoms with E-state index in [-0.39, 0.29) is 0 Å². The van der Waals surface area contributed by atoms with Crippen molar-refractivity contribution in [2.24, 2.45) is 0 Å². The van der Waals surface area contributed by atoms with Crippen LogP contribution >= 0.6 is 0 Å². The highest BCUT2D eigenvalue weighted by Crippen LogP contribution is 2.18. The summed E-state index contributed by atoms with van der Waals surface area (Å²) < 4.78 is 18.1. The van der Waals surface area contributed by atoms with Crippen molar-refractivity contribution in [3.63, 3.8) is 0 Å². The average molecular weight is 283 g/mol. The van der Waals surface area contributed by atoms with E-state index in [1.165, 1.54) is 0 Å². The molecule has 0 spiro atoms. The van der Waals surface area contributed by atoms with E-state index in [4.69, 9.17) is 12.3 Å². The summed E-state index contributed by atoms with van der Waals surface area (Å²) in [6.45, 7) is 17.2. The van der Waals surface area contributed by atoms with Crippen molar-refractivity contribution < 1.29 is 12.3 Å². The van der Waals surface area contributed by atoms with Gasteiger partial charge in [0.1, 0.15) is 0 Å². The SMILES string of the molecule is C[SiH](C)O[Si](C)(C)O[Si](C)(C)O[SiH](C)C. The Morgan fingerprint density at radius 2 is 0.933 bits per heavy atom. The van der Waals surface area contributed by atoms with Crippen molar-refractivity contribution in [3.8, 4) is 0 Å². The predicted molar refractivity (Wildman–Crippen MR) is 76.0 cm³/mol. The first-order valence-electron chi connectivity index (χ1n) is 5.60. The summed E-state index contributed by atoms with van der Waals surface area (Å²) in [7, 11) is -5.91. The summed E-state index contributed by atoms with van der Waals surface area (Å²) in [4.78, 5) is 0. The largest absolute Gasteiger partial charge is 0.440 e. The molecular weight excluding hydrogens is 256 g/mol. The number of rotatable bonds is 6. The molecule has 0 bridgehead atoms. The lowest BCUT2D eigenvalue weighted by Gasteiger charge is -2.35. The van der Waals surface area contributed by atoms with Crippen LogP contribution in [0.5, 0.6) is 0 Å². The first-order valence-corrected chi connectivity index (χ1v) is 16.8. The molecule has 0 heterocycles. The monoisotopic (exact) mass is 282 g/mol. The van der Waals surface area contributed by atoms with Gasteiger partial charge >= 0.3 is 17.1 Å². The second kappa shape index (κ2) is 5.89. The van der Waals surface area contributed by atoms with Crippen molar-refractivity contribution in [2.45, 2.75) is 52.4 Å². The molecule has 3 nitrogen and oxygen atoms in total. The summed E-state index contributed by atoms with van der Waals surface area (Å²) in [5, 5.41) is 0. The van der Waals surface area contributed by atoms with Gasteiger partial charge in [0.25, 0.3) is 0 Å². The fourth-order valence-electron chi connectivity index (χ4n) is 1.78. The zero-order valence-corrected chi connectivity index (χ0v) is 15.7. The third kappa shape index (κ3) is 8.54. The van der Waals surface area contributed by atoms with Crippen LogP contribution < -0.4 is 0 Å².